The van der Waals surface area contributed by atoms with Crippen LogP contribution in [0.3, 0.4) is 0 Å². The first-order valence-corrected chi connectivity index (χ1v) is 9.40. The molecule has 1 aromatic carbocycles. The van der Waals surface area contributed by atoms with Gasteiger partial charge in [0.25, 0.3) is 0 Å². The van der Waals surface area contributed by atoms with E-state index in [1.165, 1.54) is 37.1 Å². The highest BCUT2D eigenvalue weighted by atomic mass is 16.3. The minimum Gasteiger partial charge on any atom is -0.394 e. The molecule has 0 saturated carbocycles. The van der Waals surface area contributed by atoms with Gasteiger partial charge in [0.1, 0.15) is 0 Å². The normalized spacial score (nSPS) is 18.2. The molecule has 1 saturated heterocycles. The van der Waals surface area contributed by atoms with E-state index in [-0.39, 0.29) is 6.61 Å². The number of likely N-dealkylation sites (N-methyl/N-ethyl adjacent to an activating group) is 1. The maximum absolute atomic E-state index is 9.63. The number of aryl methyl sites for hydroxylation is 1. The van der Waals surface area contributed by atoms with Crippen LogP contribution in [0.25, 0.3) is 0 Å². The molecular formula is C20H34N2O2. The highest BCUT2D eigenvalue weighted by Crippen LogP contribution is 2.19. The SMILES string of the molecule is CCN(CC(O)CO)CC1CCN(CCc2ccccc2C)CC1. The van der Waals surface area contributed by atoms with E-state index < -0.39 is 6.10 Å². The van der Waals surface area contributed by atoms with Crippen LogP contribution in [-0.4, -0.2) is 72.0 Å². The molecule has 0 aliphatic carbocycles. The van der Waals surface area contributed by atoms with Gasteiger partial charge in [-0.3, -0.25) is 0 Å². The van der Waals surface area contributed by atoms with Crippen LogP contribution in [0.15, 0.2) is 24.3 Å². The Bertz CT molecular complexity index is 472. The zero-order valence-corrected chi connectivity index (χ0v) is 15.3. The van der Waals surface area contributed by atoms with Crippen LogP contribution in [0, 0.1) is 12.8 Å². The number of nitrogens with zero attached hydrogens (tertiary/aromatic N) is 2. The van der Waals surface area contributed by atoms with E-state index in [9.17, 15) is 5.11 Å². The average molecular weight is 335 g/mol. The topological polar surface area (TPSA) is 46.9 Å². The van der Waals surface area contributed by atoms with Gasteiger partial charge in [-0.1, -0.05) is 31.2 Å². The van der Waals surface area contributed by atoms with Gasteiger partial charge in [0.05, 0.1) is 12.7 Å². The summed E-state index contributed by atoms with van der Waals surface area (Å²) in [6, 6.07) is 8.68. The molecule has 4 heteroatoms. The summed E-state index contributed by atoms with van der Waals surface area (Å²) >= 11 is 0. The van der Waals surface area contributed by atoms with Gasteiger partial charge in [-0.25, -0.2) is 0 Å². The zero-order valence-electron chi connectivity index (χ0n) is 15.3. The molecule has 1 aliphatic heterocycles. The van der Waals surface area contributed by atoms with Crippen LogP contribution in [-0.2, 0) is 6.42 Å². The molecule has 1 heterocycles. The lowest BCUT2D eigenvalue weighted by Gasteiger charge is -2.35. The van der Waals surface area contributed by atoms with Gasteiger partial charge in [-0.2, -0.15) is 0 Å². The van der Waals surface area contributed by atoms with Gasteiger partial charge in [0.15, 0.2) is 0 Å². The number of likely N-dealkylation sites (tertiary alicyclic amines) is 1. The van der Waals surface area contributed by atoms with Gasteiger partial charge in [0, 0.05) is 19.6 Å². The van der Waals surface area contributed by atoms with Crippen molar-refractivity contribution in [3.05, 3.63) is 35.4 Å². The molecule has 1 unspecified atom stereocenters. The van der Waals surface area contributed by atoms with Crippen molar-refractivity contribution in [2.75, 3.05) is 45.9 Å². The predicted molar refractivity (Wildman–Crippen MR) is 99.3 cm³/mol. The summed E-state index contributed by atoms with van der Waals surface area (Å²) in [7, 11) is 0. The highest BCUT2D eigenvalue weighted by Gasteiger charge is 2.21. The number of aliphatic hydroxyl groups is 2. The molecule has 0 spiro atoms. The predicted octanol–water partition coefficient (Wildman–Crippen LogP) is 1.92. The Morgan fingerprint density at radius 2 is 1.96 bits per heavy atom. The maximum Gasteiger partial charge on any atom is 0.0897 e. The van der Waals surface area contributed by atoms with Crippen LogP contribution < -0.4 is 0 Å². The highest BCUT2D eigenvalue weighted by molar-refractivity contribution is 5.25. The first kappa shape index (κ1) is 19.4. The Balaban J connectivity index is 1.70. The third-order valence-corrected chi connectivity index (χ3v) is 5.31. The monoisotopic (exact) mass is 334 g/mol. The minimum atomic E-state index is -0.612. The van der Waals surface area contributed by atoms with Crippen molar-refractivity contribution in [3.63, 3.8) is 0 Å². The smallest absolute Gasteiger partial charge is 0.0897 e. The standard InChI is InChI=1S/C20H34N2O2/c1-3-21(15-20(24)16-23)14-18-8-11-22(12-9-18)13-10-19-7-5-4-6-17(19)2/h4-7,18,20,23-24H,3,8-16H2,1-2H3. The van der Waals surface area contributed by atoms with Gasteiger partial charge in [-0.15, -0.1) is 0 Å². The van der Waals surface area contributed by atoms with Crippen molar-refractivity contribution >= 4 is 0 Å². The summed E-state index contributed by atoms with van der Waals surface area (Å²) in [4.78, 5) is 4.86. The fourth-order valence-electron chi connectivity index (χ4n) is 3.62. The zero-order chi connectivity index (χ0) is 17.4. The molecule has 136 valence electrons. The number of rotatable bonds is 9. The maximum atomic E-state index is 9.63. The summed E-state index contributed by atoms with van der Waals surface area (Å²) in [5.74, 6) is 0.713. The average Bonchev–Trinajstić information content (AvgIpc) is 2.61. The molecular weight excluding hydrogens is 300 g/mol. The summed E-state index contributed by atoms with van der Waals surface area (Å²) in [5, 5.41) is 18.6. The molecule has 0 aromatic heterocycles. The van der Waals surface area contributed by atoms with Crippen molar-refractivity contribution in [2.45, 2.75) is 39.2 Å². The van der Waals surface area contributed by atoms with E-state index in [1.807, 2.05) is 0 Å². The van der Waals surface area contributed by atoms with Gasteiger partial charge < -0.3 is 20.0 Å². The summed E-state index contributed by atoms with van der Waals surface area (Å²) < 4.78 is 0. The van der Waals surface area contributed by atoms with Crippen LogP contribution in [0.5, 0.6) is 0 Å². The molecule has 2 rings (SSSR count). The molecule has 0 radical (unpaired) electrons. The van der Waals surface area contributed by atoms with Crippen molar-refractivity contribution in [1.82, 2.24) is 9.80 Å². The van der Waals surface area contributed by atoms with Gasteiger partial charge in [-0.05, 0) is 62.9 Å². The first-order valence-electron chi connectivity index (χ1n) is 9.40. The molecule has 1 atom stereocenters. The number of aliphatic hydroxyl groups excluding tert-OH is 2. The van der Waals surface area contributed by atoms with Crippen LogP contribution in [0.2, 0.25) is 0 Å². The van der Waals surface area contributed by atoms with Gasteiger partial charge >= 0.3 is 0 Å². The van der Waals surface area contributed by atoms with Crippen LogP contribution >= 0.6 is 0 Å². The molecule has 4 nitrogen and oxygen atoms in total. The number of hydrogen-bond donors (Lipinski definition) is 2. The molecule has 24 heavy (non-hydrogen) atoms. The second-order valence-electron chi connectivity index (χ2n) is 7.15. The van der Waals surface area contributed by atoms with Crippen molar-refractivity contribution in [2.24, 2.45) is 5.92 Å². The van der Waals surface area contributed by atoms with Crippen molar-refractivity contribution in [1.29, 1.82) is 0 Å². The van der Waals surface area contributed by atoms with Gasteiger partial charge in [0.2, 0.25) is 0 Å². The van der Waals surface area contributed by atoms with Crippen molar-refractivity contribution in [3.8, 4) is 0 Å². The molecule has 0 bridgehead atoms. The minimum absolute atomic E-state index is 0.145. The molecule has 0 amide bonds. The van der Waals surface area contributed by atoms with E-state index in [0.29, 0.717) is 12.5 Å². The van der Waals surface area contributed by atoms with E-state index in [4.69, 9.17) is 5.11 Å². The number of piperidine rings is 1. The fraction of sp³-hybridized carbons (Fsp3) is 0.700. The Morgan fingerprint density at radius 3 is 2.58 bits per heavy atom. The Kier molecular flexibility index (Phi) is 8.19. The van der Waals surface area contributed by atoms with Crippen LogP contribution in [0.1, 0.15) is 30.9 Å². The lowest BCUT2D eigenvalue weighted by molar-refractivity contribution is 0.0505. The quantitative estimate of drug-likeness (QED) is 0.724. The third kappa shape index (κ3) is 6.17. The van der Waals surface area contributed by atoms with Crippen LogP contribution in [0.4, 0.5) is 0 Å². The molecule has 1 aromatic rings. The number of hydrogen-bond acceptors (Lipinski definition) is 4. The van der Waals surface area contributed by atoms with E-state index in [0.717, 1.165) is 26.1 Å². The Labute approximate surface area is 147 Å². The lowest BCUT2D eigenvalue weighted by Crippen LogP contribution is -2.42. The molecule has 1 aliphatic rings. The van der Waals surface area contributed by atoms with Crippen molar-refractivity contribution < 1.29 is 10.2 Å². The lowest BCUT2D eigenvalue weighted by atomic mass is 9.95. The molecule has 2 N–H and O–H groups in total. The summed E-state index contributed by atoms with van der Waals surface area (Å²) in [6.45, 7) is 10.2. The first-order chi connectivity index (χ1) is 11.6. The second-order valence-corrected chi connectivity index (χ2v) is 7.15. The molecule has 1 fully saturated rings. The second kappa shape index (κ2) is 10.1. The Morgan fingerprint density at radius 1 is 1.25 bits per heavy atom. The Hall–Kier alpha value is -0.940. The third-order valence-electron chi connectivity index (χ3n) is 5.31. The largest absolute Gasteiger partial charge is 0.394 e. The fourth-order valence-corrected chi connectivity index (χ4v) is 3.62. The number of benzene rings is 1. The van der Waals surface area contributed by atoms with E-state index in [2.05, 4.69) is 47.9 Å². The summed E-state index contributed by atoms with van der Waals surface area (Å²) in [6.07, 6.45) is 3.00. The summed E-state index contributed by atoms with van der Waals surface area (Å²) in [5.41, 5.74) is 2.86. The van der Waals surface area contributed by atoms with E-state index >= 15 is 0 Å². The van der Waals surface area contributed by atoms with E-state index in [1.54, 1.807) is 0 Å².